The second-order valence-corrected chi connectivity index (χ2v) is 3.57. The summed E-state index contributed by atoms with van der Waals surface area (Å²) in [5, 5.41) is 2.84. The molecule has 1 unspecified atom stereocenters. The summed E-state index contributed by atoms with van der Waals surface area (Å²) < 4.78 is 5.17. The Bertz CT molecular complexity index is 272. The molecule has 14 heavy (non-hydrogen) atoms. The van der Waals surface area contributed by atoms with Crippen molar-refractivity contribution in [3.63, 3.8) is 0 Å². The highest BCUT2D eigenvalue weighted by Crippen LogP contribution is 2.03. The first-order valence-electron chi connectivity index (χ1n) is 4.60. The number of carbonyl (C=O) groups is 1. The summed E-state index contributed by atoms with van der Waals surface area (Å²) in [6.45, 7) is 1.94. The normalized spacial score (nSPS) is 12.4. The largest absolute Gasteiger partial charge is 0.469 e. The SMILES string of the molecule is CC(Cc1ccco1)NC(=O)CCCl. The van der Waals surface area contributed by atoms with Crippen LogP contribution in [0.1, 0.15) is 19.1 Å². The van der Waals surface area contributed by atoms with Crippen LogP contribution in [0.5, 0.6) is 0 Å². The molecule has 3 nitrogen and oxygen atoms in total. The van der Waals surface area contributed by atoms with E-state index in [0.29, 0.717) is 18.7 Å². The topological polar surface area (TPSA) is 42.2 Å². The van der Waals surface area contributed by atoms with Gasteiger partial charge in [-0.25, -0.2) is 0 Å². The molecule has 78 valence electrons. The lowest BCUT2D eigenvalue weighted by molar-refractivity contribution is -0.121. The minimum Gasteiger partial charge on any atom is -0.469 e. The Labute approximate surface area is 88.4 Å². The van der Waals surface area contributed by atoms with E-state index in [0.717, 1.165) is 5.76 Å². The maximum absolute atomic E-state index is 11.2. The summed E-state index contributed by atoms with van der Waals surface area (Å²) in [5.41, 5.74) is 0. The van der Waals surface area contributed by atoms with Gasteiger partial charge in [-0.15, -0.1) is 11.6 Å². The lowest BCUT2D eigenvalue weighted by Crippen LogP contribution is -2.34. The molecule has 1 amide bonds. The molecule has 1 rings (SSSR count). The Morgan fingerprint density at radius 2 is 2.50 bits per heavy atom. The molecule has 0 radical (unpaired) electrons. The van der Waals surface area contributed by atoms with E-state index in [4.69, 9.17) is 16.0 Å². The zero-order valence-corrected chi connectivity index (χ0v) is 8.88. The Hall–Kier alpha value is -0.960. The van der Waals surface area contributed by atoms with Gasteiger partial charge in [-0.3, -0.25) is 4.79 Å². The highest BCUT2D eigenvalue weighted by molar-refractivity contribution is 6.18. The summed E-state index contributed by atoms with van der Waals surface area (Å²) in [6.07, 6.45) is 2.70. The zero-order valence-electron chi connectivity index (χ0n) is 8.13. The monoisotopic (exact) mass is 215 g/mol. The number of hydrogen-bond donors (Lipinski definition) is 1. The second kappa shape index (κ2) is 5.70. The number of carbonyl (C=O) groups excluding carboxylic acids is 1. The lowest BCUT2D eigenvalue weighted by Gasteiger charge is -2.11. The molecule has 0 bridgehead atoms. The average molecular weight is 216 g/mol. The molecule has 0 fully saturated rings. The Kier molecular flexibility index (Phi) is 4.53. The van der Waals surface area contributed by atoms with Crippen molar-refractivity contribution < 1.29 is 9.21 Å². The molecule has 1 aromatic heterocycles. The van der Waals surface area contributed by atoms with Gasteiger partial charge in [0.2, 0.25) is 5.91 Å². The molecular formula is C10H14ClNO2. The first-order valence-corrected chi connectivity index (χ1v) is 5.13. The van der Waals surface area contributed by atoms with Gasteiger partial charge in [0.05, 0.1) is 6.26 Å². The number of alkyl halides is 1. The van der Waals surface area contributed by atoms with Gasteiger partial charge in [0.1, 0.15) is 5.76 Å². The molecule has 0 aromatic carbocycles. The summed E-state index contributed by atoms with van der Waals surface area (Å²) in [7, 11) is 0. The molecule has 0 aliphatic carbocycles. The van der Waals surface area contributed by atoms with Gasteiger partial charge < -0.3 is 9.73 Å². The highest BCUT2D eigenvalue weighted by Gasteiger charge is 2.08. The van der Waals surface area contributed by atoms with E-state index in [1.165, 1.54) is 0 Å². The number of hydrogen-bond acceptors (Lipinski definition) is 2. The Balaban J connectivity index is 2.29. The number of halogens is 1. The van der Waals surface area contributed by atoms with Gasteiger partial charge in [0.25, 0.3) is 0 Å². The second-order valence-electron chi connectivity index (χ2n) is 3.19. The molecule has 1 aromatic rings. The summed E-state index contributed by atoms with van der Waals surface area (Å²) >= 11 is 5.44. The van der Waals surface area contributed by atoms with E-state index >= 15 is 0 Å². The van der Waals surface area contributed by atoms with Crippen LogP contribution in [0.2, 0.25) is 0 Å². The smallest absolute Gasteiger partial charge is 0.221 e. The minimum atomic E-state index is -0.0148. The van der Waals surface area contributed by atoms with Crippen molar-refractivity contribution in [3.05, 3.63) is 24.2 Å². The Morgan fingerprint density at radius 3 is 3.07 bits per heavy atom. The number of rotatable bonds is 5. The van der Waals surface area contributed by atoms with Crippen LogP contribution in [-0.2, 0) is 11.2 Å². The fourth-order valence-electron chi connectivity index (χ4n) is 1.21. The average Bonchev–Trinajstić information content (AvgIpc) is 2.56. The number of furan rings is 1. The zero-order chi connectivity index (χ0) is 10.4. The van der Waals surface area contributed by atoms with E-state index in [1.54, 1.807) is 6.26 Å². The van der Waals surface area contributed by atoms with Gasteiger partial charge in [-0.2, -0.15) is 0 Å². The predicted octanol–water partition coefficient (Wildman–Crippen LogP) is 1.96. The minimum absolute atomic E-state index is 0.0148. The summed E-state index contributed by atoms with van der Waals surface area (Å²) in [6, 6.07) is 3.81. The third-order valence-electron chi connectivity index (χ3n) is 1.82. The molecule has 4 heteroatoms. The van der Waals surface area contributed by atoms with Gasteiger partial charge in [-0.05, 0) is 19.1 Å². The van der Waals surface area contributed by atoms with E-state index in [2.05, 4.69) is 5.32 Å². The van der Waals surface area contributed by atoms with Crippen LogP contribution in [0.4, 0.5) is 0 Å². The van der Waals surface area contributed by atoms with Gasteiger partial charge in [-0.1, -0.05) is 0 Å². The van der Waals surface area contributed by atoms with Crippen LogP contribution in [-0.4, -0.2) is 17.8 Å². The fourth-order valence-corrected chi connectivity index (χ4v) is 1.39. The van der Waals surface area contributed by atoms with Crippen molar-refractivity contribution in [2.45, 2.75) is 25.8 Å². The summed E-state index contributed by atoms with van der Waals surface area (Å²) in [5.74, 6) is 1.22. The van der Waals surface area contributed by atoms with E-state index in [9.17, 15) is 4.79 Å². The fraction of sp³-hybridized carbons (Fsp3) is 0.500. The maximum atomic E-state index is 11.2. The first kappa shape index (κ1) is 11.1. The van der Waals surface area contributed by atoms with Gasteiger partial charge >= 0.3 is 0 Å². The van der Waals surface area contributed by atoms with E-state index < -0.39 is 0 Å². The van der Waals surface area contributed by atoms with E-state index in [1.807, 2.05) is 19.1 Å². The van der Waals surface area contributed by atoms with Crippen molar-refractivity contribution in [2.75, 3.05) is 5.88 Å². The predicted molar refractivity (Wildman–Crippen MR) is 55.4 cm³/mol. The standard InChI is InChI=1S/C10H14ClNO2/c1-8(12-10(13)4-5-11)7-9-3-2-6-14-9/h2-3,6,8H,4-5,7H2,1H3,(H,12,13). The van der Waals surface area contributed by atoms with Crippen LogP contribution >= 0.6 is 11.6 Å². The van der Waals surface area contributed by atoms with Gasteiger partial charge in [0, 0.05) is 24.8 Å². The quantitative estimate of drug-likeness (QED) is 0.763. The summed E-state index contributed by atoms with van der Waals surface area (Å²) in [4.78, 5) is 11.2. The van der Waals surface area contributed by atoms with Crippen LogP contribution in [0, 0.1) is 0 Å². The molecule has 1 heterocycles. The maximum Gasteiger partial charge on any atom is 0.221 e. The van der Waals surface area contributed by atoms with E-state index in [-0.39, 0.29) is 11.9 Å². The van der Waals surface area contributed by atoms with Crippen molar-refractivity contribution in [1.29, 1.82) is 0 Å². The van der Waals surface area contributed by atoms with Crippen molar-refractivity contribution in [3.8, 4) is 0 Å². The molecular weight excluding hydrogens is 202 g/mol. The molecule has 0 aliphatic rings. The van der Waals surface area contributed by atoms with Gasteiger partial charge in [0.15, 0.2) is 0 Å². The van der Waals surface area contributed by atoms with Crippen LogP contribution in [0.3, 0.4) is 0 Å². The molecule has 0 saturated heterocycles. The molecule has 1 N–H and O–H groups in total. The lowest BCUT2D eigenvalue weighted by atomic mass is 10.2. The Morgan fingerprint density at radius 1 is 1.71 bits per heavy atom. The number of amides is 1. The van der Waals surface area contributed by atoms with Crippen LogP contribution in [0.25, 0.3) is 0 Å². The third kappa shape index (κ3) is 3.83. The molecule has 0 aliphatic heterocycles. The highest BCUT2D eigenvalue weighted by atomic mass is 35.5. The third-order valence-corrected chi connectivity index (χ3v) is 2.01. The first-order chi connectivity index (χ1) is 6.72. The number of nitrogens with one attached hydrogen (secondary N) is 1. The van der Waals surface area contributed by atoms with Crippen molar-refractivity contribution in [1.82, 2.24) is 5.32 Å². The van der Waals surface area contributed by atoms with Crippen molar-refractivity contribution >= 4 is 17.5 Å². The molecule has 0 saturated carbocycles. The molecule has 0 spiro atoms. The van der Waals surface area contributed by atoms with Crippen molar-refractivity contribution in [2.24, 2.45) is 0 Å². The molecule has 1 atom stereocenters. The van der Waals surface area contributed by atoms with Crippen LogP contribution in [0.15, 0.2) is 22.8 Å². The van der Waals surface area contributed by atoms with Crippen LogP contribution < -0.4 is 5.32 Å².